The molecule has 20 heavy (non-hydrogen) atoms. The summed E-state index contributed by atoms with van der Waals surface area (Å²) in [5.41, 5.74) is 1.21. The van der Waals surface area contributed by atoms with Gasteiger partial charge in [0.2, 0.25) is 0 Å². The fraction of sp³-hybridized carbons (Fsp3) is 0.312. The van der Waals surface area contributed by atoms with Crippen molar-refractivity contribution >= 4 is 27.4 Å². The van der Waals surface area contributed by atoms with Gasteiger partial charge in [-0.15, -0.1) is 17.9 Å². The van der Waals surface area contributed by atoms with Gasteiger partial charge in [0.1, 0.15) is 0 Å². The number of carbonyl (C=O) groups is 1. The zero-order valence-corrected chi connectivity index (χ0v) is 12.1. The minimum absolute atomic E-state index is 0.0234. The van der Waals surface area contributed by atoms with Crippen LogP contribution < -0.4 is 0 Å². The van der Waals surface area contributed by atoms with Gasteiger partial charge in [-0.2, -0.15) is 0 Å². The number of carboxylic acids is 1. The SMILES string of the molecule is C=CCC(CC(=O)O)OCCc1ccc2sccc2c1. The van der Waals surface area contributed by atoms with E-state index in [2.05, 4.69) is 36.2 Å². The second kappa shape index (κ2) is 7.22. The van der Waals surface area contributed by atoms with E-state index in [9.17, 15) is 4.79 Å². The van der Waals surface area contributed by atoms with Gasteiger partial charge in [0.05, 0.1) is 19.1 Å². The average molecular weight is 290 g/mol. The molecule has 0 aliphatic heterocycles. The van der Waals surface area contributed by atoms with Crippen LogP contribution in [0.1, 0.15) is 18.4 Å². The Kier molecular flexibility index (Phi) is 5.32. The molecule has 0 fully saturated rings. The number of benzene rings is 1. The van der Waals surface area contributed by atoms with Crippen molar-refractivity contribution < 1.29 is 14.6 Å². The zero-order valence-electron chi connectivity index (χ0n) is 11.2. The molecule has 0 radical (unpaired) electrons. The van der Waals surface area contributed by atoms with E-state index >= 15 is 0 Å². The summed E-state index contributed by atoms with van der Waals surface area (Å²) in [6, 6.07) is 8.49. The fourth-order valence-electron chi connectivity index (χ4n) is 2.11. The summed E-state index contributed by atoms with van der Waals surface area (Å²) in [4.78, 5) is 10.7. The minimum Gasteiger partial charge on any atom is -0.481 e. The van der Waals surface area contributed by atoms with E-state index in [0.29, 0.717) is 13.0 Å². The number of carboxylic acid groups (broad SMARTS) is 1. The van der Waals surface area contributed by atoms with E-state index in [4.69, 9.17) is 9.84 Å². The van der Waals surface area contributed by atoms with Gasteiger partial charge in [0.15, 0.2) is 0 Å². The highest BCUT2D eigenvalue weighted by atomic mass is 32.1. The number of aliphatic carboxylic acids is 1. The molecule has 1 N–H and O–H groups in total. The lowest BCUT2D eigenvalue weighted by Crippen LogP contribution is -2.18. The maximum absolute atomic E-state index is 10.7. The van der Waals surface area contributed by atoms with Gasteiger partial charge in [-0.1, -0.05) is 18.2 Å². The third-order valence-electron chi connectivity index (χ3n) is 3.09. The molecule has 0 spiro atoms. The standard InChI is InChI=1S/C16H18O3S/c1-2-3-14(11-16(17)18)19-8-6-12-4-5-15-13(10-12)7-9-20-15/h2,4-5,7,9-10,14H,1,3,6,8,11H2,(H,17,18). The zero-order chi connectivity index (χ0) is 14.4. The second-order valence-corrected chi connectivity index (χ2v) is 5.61. The largest absolute Gasteiger partial charge is 0.481 e. The van der Waals surface area contributed by atoms with Crippen LogP contribution in [-0.2, 0) is 16.0 Å². The number of thiophene rings is 1. The second-order valence-electron chi connectivity index (χ2n) is 4.66. The van der Waals surface area contributed by atoms with Crippen LogP contribution in [0.15, 0.2) is 42.3 Å². The normalized spacial score (nSPS) is 12.4. The molecule has 2 aromatic rings. The van der Waals surface area contributed by atoms with Crippen molar-refractivity contribution in [3.63, 3.8) is 0 Å². The van der Waals surface area contributed by atoms with Crippen LogP contribution in [0.25, 0.3) is 10.1 Å². The maximum atomic E-state index is 10.7. The van der Waals surface area contributed by atoms with E-state index in [1.54, 1.807) is 17.4 Å². The first-order valence-corrected chi connectivity index (χ1v) is 7.47. The summed E-state index contributed by atoms with van der Waals surface area (Å²) < 4.78 is 6.92. The number of hydrogen-bond donors (Lipinski definition) is 1. The molecule has 1 unspecified atom stereocenters. The Morgan fingerprint density at radius 3 is 3.05 bits per heavy atom. The van der Waals surface area contributed by atoms with Crippen molar-refractivity contribution in [2.24, 2.45) is 0 Å². The van der Waals surface area contributed by atoms with Crippen molar-refractivity contribution in [1.82, 2.24) is 0 Å². The van der Waals surface area contributed by atoms with Gasteiger partial charge in [-0.3, -0.25) is 4.79 Å². The number of ether oxygens (including phenoxy) is 1. The molecular formula is C16H18O3S. The molecule has 0 amide bonds. The van der Waals surface area contributed by atoms with Crippen LogP contribution in [0.5, 0.6) is 0 Å². The summed E-state index contributed by atoms with van der Waals surface area (Å²) in [5, 5.41) is 12.1. The monoisotopic (exact) mass is 290 g/mol. The third-order valence-corrected chi connectivity index (χ3v) is 3.99. The molecule has 0 saturated carbocycles. The molecule has 0 saturated heterocycles. The van der Waals surface area contributed by atoms with Gasteiger partial charge >= 0.3 is 5.97 Å². The quantitative estimate of drug-likeness (QED) is 0.750. The molecule has 0 bridgehead atoms. The lowest BCUT2D eigenvalue weighted by Gasteiger charge is -2.14. The fourth-order valence-corrected chi connectivity index (χ4v) is 2.88. The highest BCUT2D eigenvalue weighted by Crippen LogP contribution is 2.22. The van der Waals surface area contributed by atoms with E-state index in [-0.39, 0.29) is 12.5 Å². The summed E-state index contributed by atoms with van der Waals surface area (Å²) in [6.07, 6.45) is 2.80. The van der Waals surface area contributed by atoms with Crippen molar-refractivity contribution in [2.75, 3.05) is 6.61 Å². The number of fused-ring (bicyclic) bond motifs is 1. The van der Waals surface area contributed by atoms with Gasteiger partial charge in [-0.05, 0) is 41.3 Å². The first kappa shape index (κ1) is 14.8. The predicted molar refractivity (Wildman–Crippen MR) is 82.3 cm³/mol. The van der Waals surface area contributed by atoms with Crippen LogP contribution >= 0.6 is 11.3 Å². The highest BCUT2D eigenvalue weighted by Gasteiger charge is 2.12. The van der Waals surface area contributed by atoms with E-state index in [1.807, 2.05) is 0 Å². The van der Waals surface area contributed by atoms with Gasteiger partial charge < -0.3 is 9.84 Å². The van der Waals surface area contributed by atoms with Crippen molar-refractivity contribution in [3.05, 3.63) is 47.9 Å². The smallest absolute Gasteiger partial charge is 0.305 e. The Morgan fingerprint density at radius 1 is 1.45 bits per heavy atom. The summed E-state index contributed by atoms with van der Waals surface area (Å²) in [5.74, 6) is -0.837. The third kappa shape index (κ3) is 4.18. The Bertz CT molecular complexity index is 588. The molecule has 3 nitrogen and oxygen atoms in total. The van der Waals surface area contributed by atoms with Crippen LogP contribution in [0.4, 0.5) is 0 Å². The number of rotatable bonds is 8. The highest BCUT2D eigenvalue weighted by molar-refractivity contribution is 7.17. The van der Waals surface area contributed by atoms with Crippen molar-refractivity contribution in [1.29, 1.82) is 0 Å². The van der Waals surface area contributed by atoms with Crippen LogP contribution in [0.2, 0.25) is 0 Å². The molecule has 0 aliphatic rings. The van der Waals surface area contributed by atoms with Crippen molar-refractivity contribution in [2.45, 2.75) is 25.4 Å². The van der Waals surface area contributed by atoms with E-state index in [1.165, 1.54) is 15.6 Å². The summed E-state index contributed by atoms with van der Waals surface area (Å²) in [6.45, 7) is 4.16. The Hall–Kier alpha value is -1.65. The molecule has 1 atom stereocenters. The molecule has 1 heterocycles. The van der Waals surface area contributed by atoms with Gasteiger partial charge in [0.25, 0.3) is 0 Å². The Labute approximate surface area is 122 Å². The molecule has 1 aromatic carbocycles. The predicted octanol–water partition coefficient (Wildman–Crippen LogP) is 3.88. The maximum Gasteiger partial charge on any atom is 0.305 e. The lowest BCUT2D eigenvalue weighted by atomic mass is 10.1. The lowest BCUT2D eigenvalue weighted by molar-refractivity contribution is -0.140. The Balaban J connectivity index is 1.86. The number of hydrogen-bond acceptors (Lipinski definition) is 3. The summed E-state index contributed by atoms with van der Waals surface area (Å²) in [7, 11) is 0. The molecule has 1 aromatic heterocycles. The van der Waals surface area contributed by atoms with Gasteiger partial charge in [-0.25, -0.2) is 0 Å². The summed E-state index contributed by atoms with van der Waals surface area (Å²) >= 11 is 1.73. The van der Waals surface area contributed by atoms with E-state index < -0.39 is 5.97 Å². The molecule has 2 rings (SSSR count). The van der Waals surface area contributed by atoms with Gasteiger partial charge in [0, 0.05) is 4.70 Å². The van der Waals surface area contributed by atoms with Crippen LogP contribution in [0, 0.1) is 0 Å². The Morgan fingerprint density at radius 2 is 2.30 bits per heavy atom. The average Bonchev–Trinajstić information content (AvgIpc) is 2.85. The minimum atomic E-state index is -0.837. The first-order valence-electron chi connectivity index (χ1n) is 6.59. The first-order chi connectivity index (χ1) is 9.69. The van der Waals surface area contributed by atoms with Crippen LogP contribution in [0.3, 0.4) is 0 Å². The molecular weight excluding hydrogens is 272 g/mol. The molecule has 4 heteroatoms. The van der Waals surface area contributed by atoms with Crippen LogP contribution in [-0.4, -0.2) is 23.8 Å². The topological polar surface area (TPSA) is 46.5 Å². The van der Waals surface area contributed by atoms with E-state index in [0.717, 1.165) is 6.42 Å². The molecule has 0 aliphatic carbocycles. The van der Waals surface area contributed by atoms with Crippen molar-refractivity contribution in [3.8, 4) is 0 Å². The molecule has 106 valence electrons.